The van der Waals surface area contributed by atoms with Gasteiger partial charge in [0.05, 0.1) is 11.7 Å². The van der Waals surface area contributed by atoms with E-state index >= 15 is 0 Å². The van der Waals surface area contributed by atoms with Gasteiger partial charge in [-0.3, -0.25) is 0 Å². The number of nitrogens with zero attached hydrogens (tertiary/aromatic N) is 1. The minimum absolute atomic E-state index is 0.224. The molecular formula is C13H14N2OS. The molecule has 3 nitrogen and oxygen atoms in total. The highest BCUT2D eigenvalue weighted by molar-refractivity contribution is 7.13. The van der Waals surface area contributed by atoms with Gasteiger partial charge in [-0.05, 0) is 12.5 Å². The molecular weight excluding hydrogens is 232 g/mol. The molecule has 0 spiro atoms. The van der Waals surface area contributed by atoms with Crippen LogP contribution < -0.4 is 10.1 Å². The summed E-state index contributed by atoms with van der Waals surface area (Å²) in [6.07, 6.45) is 0.982. The first-order chi connectivity index (χ1) is 8.36. The zero-order valence-electron chi connectivity index (χ0n) is 9.64. The molecule has 0 fully saturated rings. The quantitative estimate of drug-likeness (QED) is 0.902. The van der Waals surface area contributed by atoms with Crippen molar-refractivity contribution in [1.29, 1.82) is 0 Å². The number of thiazole rings is 1. The van der Waals surface area contributed by atoms with E-state index in [1.54, 1.807) is 11.3 Å². The van der Waals surface area contributed by atoms with Crippen molar-refractivity contribution in [2.24, 2.45) is 0 Å². The van der Waals surface area contributed by atoms with Crippen molar-refractivity contribution < 1.29 is 4.74 Å². The van der Waals surface area contributed by atoms with Gasteiger partial charge in [0.2, 0.25) is 0 Å². The Kier molecular flexibility index (Phi) is 2.73. The first-order valence-corrected chi connectivity index (χ1v) is 6.67. The number of para-hydroxylation sites is 1. The molecule has 88 valence electrons. The third-order valence-electron chi connectivity index (χ3n) is 2.91. The molecule has 1 aliphatic heterocycles. The van der Waals surface area contributed by atoms with Crippen LogP contribution in [0.4, 0.5) is 5.13 Å². The Balaban J connectivity index is 1.79. The normalized spacial score (nSPS) is 17.6. The van der Waals surface area contributed by atoms with E-state index in [1.165, 1.54) is 5.56 Å². The molecule has 0 saturated heterocycles. The highest BCUT2D eigenvalue weighted by Gasteiger charge is 2.23. The van der Waals surface area contributed by atoms with Gasteiger partial charge in [0.1, 0.15) is 12.4 Å². The highest BCUT2D eigenvalue weighted by Crippen LogP contribution is 2.34. The van der Waals surface area contributed by atoms with Crippen LogP contribution in [0.2, 0.25) is 0 Å². The highest BCUT2D eigenvalue weighted by atomic mass is 32.1. The molecule has 0 bridgehead atoms. The van der Waals surface area contributed by atoms with Crippen LogP contribution in [0.1, 0.15) is 24.2 Å². The zero-order chi connectivity index (χ0) is 11.7. The Morgan fingerprint density at radius 2 is 2.35 bits per heavy atom. The van der Waals surface area contributed by atoms with Gasteiger partial charge in [-0.2, -0.15) is 0 Å². The summed E-state index contributed by atoms with van der Waals surface area (Å²) >= 11 is 1.66. The second kappa shape index (κ2) is 4.37. The van der Waals surface area contributed by atoms with Gasteiger partial charge >= 0.3 is 0 Å². The lowest BCUT2D eigenvalue weighted by atomic mass is 10.1. The maximum Gasteiger partial charge on any atom is 0.183 e. The lowest BCUT2D eigenvalue weighted by molar-refractivity contribution is 0.340. The minimum atomic E-state index is 0.224. The number of fused-ring (bicyclic) bond motifs is 1. The van der Waals surface area contributed by atoms with Crippen molar-refractivity contribution in [3.8, 4) is 5.75 Å². The van der Waals surface area contributed by atoms with Crippen LogP contribution in [-0.2, 0) is 6.42 Å². The molecule has 0 amide bonds. The van der Waals surface area contributed by atoms with Gasteiger partial charge in [-0.15, -0.1) is 11.3 Å². The lowest BCUT2D eigenvalue weighted by Crippen LogP contribution is -2.11. The van der Waals surface area contributed by atoms with Crippen LogP contribution in [-0.4, -0.2) is 11.6 Å². The van der Waals surface area contributed by atoms with Crippen molar-refractivity contribution in [1.82, 2.24) is 4.98 Å². The van der Waals surface area contributed by atoms with Crippen LogP contribution in [0.15, 0.2) is 29.6 Å². The Hall–Kier alpha value is -1.55. The number of ether oxygens (including phenoxy) is 1. The topological polar surface area (TPSA) is 34.1 Å². The van der Waals surface area contributed by atoms with E-state index < -0.39 is 0 Å². The summed E-state index contributed by atoms with van der Waals surface area (Å²) in [5, 5.41) is 6.51. The van der Waals surface area contributed by atoms with Crippen LogP contribution in [0.25, 0.3) is 0 Å². The summed E-state index contributed by atoms with van der Waals surface area (Å²) in [6.45, 7) is 2.80. The van der Waals surface area contributed by atoms with E-state index in [1.807, 2.05) is 18.2 Å². The summed E-state index contributed by atoms with van der Waals surface area (Å²) in [4.78, 5) is 4.52. The molecule has 0 saturated carbocycles. The number of anilines is 1. The van der Waals surface area contributed by atoms with Gasteiger partial charge in [0.25, 0.3) is 0 Å². The molecule has 1 atom stereocenters. The molecule has 1 aliphatic rings. The minimum Gasteiger partial charge on any atom is -0.491 e. The second-order valence-electron chi connectivity index (χ2n) is 4.04. The standard InChI is InChI=1S/C13H14N2OS/c1-2-9-8-17-13(14-9)15-11-7-16-12-6-4-3-5-10(11)12/h3-6,8,11H,2,7H2,1H3,(H,14,15). The smallest absolute Gasteiger partial charge is 0.183 e. The van der Waals surface area contributed by atoms with Crippen molar-refractivity contribution >= 4 is 16.5 Å². The summed E-state index contributed by atoms with van der Waals surface area (Å²) in [5.41, 5.74) is 2.37. The number of aryl methyl sites for hydroxylation is 1. The van der Waals surface area contributed by atoms with Gasteiger partial charge < -0.3 is 10.1 Å². The Labute approximate surface area is 104 Å². The maximum absolute atomic E-state index is 5.63. The number of hydrogen-bond donors (Lipinski definition) is 1. The Bertz CT molecular complexity index is 524. The van der Waals surface area contributed by atoms with Gasteiger partial charge in [0, 0.05) is 10.9 Å². The van der Waals surface area contributed by atoms with Crippen molar-refractivity contribution in [3.05, 3.63) is 40.9 Å². The molecule has 1 N–H and O–H groups in total. The van der Waals surface area contributed by atoms with Gasteiger partial charge in [0.15, 0.2) is 5.13 Å². The molecule has 2 heterocycles. The third kappa shape index (κ3) is 2.00. The third-order valence-corrected chi connectivity index (χ3v) is 3.73. The second-order valence-corrected chi connectivity index (χ2v) is 4.90. The van der Waals surface area contributed by atoms with E-state index in [-0.39, 0.29) is 6.04 Å². The fourth-order valence-electron chi connectivity index (χ4n) is 1.97. The first-order valence-electron chi connectivity index (χ1n) is 5.79. The average molecular weight is 246 g/mol. The molecule has 3 rings (SSSR count). The number of hydrogen-bond acceptors (Lipinski definition) is 4. The number of aromatic nitrogens is 1. The van der Waals surface area contributed by atoms with Gasteiger partial charge in [-0.25, -0.2) is 4.98 Å². The lowest BCUT2D eigenvalue weighted by Gasteiger charge is -2.09. The van der Waals surface area contributed by atoms with E-state index in [9.17, 15) is 0 Å². The Morgan fingerprint density at radius 3 is 3.18 bits per heavy atom. The first kappa shape index (κ1) is 10.6. The van der Waals surface area contributed by atoms with Crippen LogP contribution in [0, 0.1) is 0 Å². The molecule has 1 aromatic heterocycles. The predicted molar refractivity (Wildman–Crippen MR) is 69.8 cm³/mol. The summed E-state index contributed by atoms with van der Waals surface area (Å²) in [6, 6.07) is 8.38. The van der Waals surface area contributed by atoms with Crippen LogP contribution in [0.5, 0.6) is 5.75 Å². The number of rotatable bonds is 3. The molecule has 0 radical (unpaired) electrons. The summed E-state index contributed by atoms with van der Waals surface area (Å²) in [5.74, 6) is 0.984. The largest absolute Gasteiger partial charge is 0.491 e. The Morgan fingerprint density at radius 1 is 1.47 bits per heavy atom. The fraction of sp³-hybridized carbons (Fsp3) is 0.308. The molecule has 1 aromatic carbocycles. The van der Waals surface area contributed by atoms with E-state index in [4.69, 9.17) is 4.74 Å². The molecule has 1 unspecified atom stereocenters. The predicted octanol–water partition coefficient (Wildman–Crippen LogP) is 3.25. The van der Waals surface area contributed by atoms with E-state index in [0.717, 1.165) is 23.0 Å². The van der Waals surface area contributed by atoms with Crippen molar-refractivity contribution in [3.63, 3.8) is 0 Å². The SMILES string of the molecule is CCc1csc(NC2COc3ccccc32)n1. The summed E-state index contributed by atoms with van der Waals surface area (Å²) < 4.78 is 5.63. The molecule has 4 heteroatoms. The van der Waals surface area contributed by atoms with Gasteiger partial charge in [-0.1, -0.05) is 25.1 Å². The number of nitrogens with one attached hydrogen (secondary N) is 1. The van der Waals surface area contributed by atoms with Crippen LogP contribution in [0.3, 0.4) is 0 Å². The zero-order valence-corrected chi connectivity index (χ0v) is 10.5. The maximum atomic E-state index is 5.63. The molecule has 17 heavy (non-hydrogen) atoms. The molecule has 0 aliphatic carbocycles. The van der Waals surface area contributed by atoms with E-state index in [2.05, 4.69) is 28.7 Å². The monoisotopic (exact) mass is 246 g/mol. The molecule has 2 aromatic rings. The number of benzene rings is 1. The fourth-order valence-corrected chi connectivity index (χ4v) is 2.81. The van der Waals surface area contributed by atoms with Crippen molar-refractivity contribution in [2.45, 2.75) is 19.4 Å². The van der Waals surface area contributed by atoms with Crippen molar-refractivity contribution in [2.75, 3.05) is 11.9 Å². The van der Waals surface area contributed by atoms with Crippen LogP contribution >= 0.6 is 11.3 Å². The van der Waals surface area contributed by atoms with E-state index in [0.29, 0.717) is 6.61 Å². The average Bonchev–Trinajstić information content (AvgIpc) is 2.97. The summed E-state index contributed by atoms with van der Waals surface area (Å²) in [7, 11) is 0.